The molecule has 0 unspecified atom stereocenters. The quantitative estimate of drug-likeness (QED) is 0.183. The number of anilines is 2. The van der Waals surface area contributed by atoms with Crippen LogP contribution in [0, 0.1) is 0 Å². The number of thiazole rings is 1. The van der Waals surface area contributed by atoms with Crippen LogP contribution in [0.5, 0.6) is 17.2 Å². The molecule has 1 atom stereocenters. The Bertz CT molecular complexity index is 1620. The van der Waals surface area contributed by atoms with Crippen molar-refractivity contribution in [1.29, 1.82) is 0 Å². The first-order valence-corrected chi connectivity index (χ1v) is 15.5. The molecule has 240 valence electrons. The Kier molecular flexibility index (Phi) is 11.4. The van der Waals surface area contributed by atoms with E-state index in [2.05, 4.69) is 20.9 Å². The van der Waals surface area contributed by atoms with E-state index < -0.39 is 6.04 Å². The fourth-order valence-corrected chi connectivity index (χ4v) is 6.04. The van der Waals surface area contributed by atoms with Crippen molar-refractivity contribution in [3.8, 4) is 28.4 Å². The van der Waals surface area contributed by atoms with Crippen LogP contribution in [0.2, 0.25) is 0 Å². The number of aromatic nitrogens is 1. The minimum absolute atomic E-state index is 0.0469. The third kappa shape index (κ3) is 8.09. The van der Waals surface area contributed by atoms with Crippen LogP contribution in [0.15, 0.2) is 34.4 Å². The predicted molar refractivity (Wildman–Crippen MR) is 171 cm³/mol. The van der Waals surface area contributed by atoms with E-state index in [1.165, 1.54) is 25.4 Å². The first-order chi connectivity index (χ1) is 21.7. The molecule has 0 radical (unpaired) electrons. The summed E-state index contributed by atoms with van der Waals surface area (Å²) < 4.78 is 22.0. The highest BCUT2D eigenvalue weighted by molar-refractivity contribution is 7.13. The van der Waals surface area contributed by atoms with Gasteiger partial charge in [0, 0.05) is 30.8 Å². The summed E-state index contributed by atoms with van der Waals surface area (Å²) in [5.41, 5.74) is 3.74. The number of hydrogen-bond acceptors (Lipinski definition) is 11. The second-order valence-corrected chi connectivity index (χ2v) is 11.2. The standard InChI is InChI=1S/C32H38N4O8S/c1-6-44-28(40)15-20-17-45-32(35-20)36-27(39)8-7-13-33-24-12-10-21-22(16-25(24)38)23(34-18(2)37)11-9-19-14-26(41-3)30(42-4)31(43-5)29(19)21/h10,12,14,16-17,23H,6-9,11,13,15H2,1-5H3,(H,33,38)(H,34,37)(H,35,36,39)/t23-/m0/s1. The number of carbonyl (C=O) groups excluding carboxylic acids is 3. The molecule has 3 aromatic rings. The molecular weight excluding hydrogens is 600 g/mol. The highest BCUT2D eigenvalue weighted by atomic mass is 32.1. The SMILES string of the molecule is CCOC(=O)Cc1csc(NC(=O)CCCNc2ccc3c(cc2=O)[C@@H](NC(C)=O)CCc2cc(OC)c(OC)c(OC)c2-3)n1. The van der Waals surface area contributed by atoms with Crippen molar-refractivity contribution in [3.63, 3.8) is 0 Å². The predicted octanol–water partition coefficient (Wildman–Crippen LogP) is 4.26. The topological polar surface area (TPSA) is 154 Å². The molecular formula is C32H38N4O8S. The number of nitrogens with zero attached hydrogens (tertiary/aromatic N) is 1. The van der Waals surface area contributed by atoms with Crippen LogP contribution in [0.4, 0.5) is 10.8 Å². The molecule has 0 bridgehead atoms. The summed E-state index contributed by atoms with van der Waals surface area (Å²) in [7, 11) is 4.65. The zero-order valence-corrected chi connectivity index (χ0v) is 26.9. The van der Waals surface area contributed by atoms with Crippen molar-refractivity contribution in [2.45, 2.75) is 52.0 Å². The van der Waals surface area contributed by atoms with Crippen LogP contribution in [0.25, 0.3) is 11.1 Å². The first kappa shape index (κ1) is 33.2. The van der Waals surface area contributed by atoms with Gasteiger partial charge in [-0.25, -0.2) is 4.98 Å². The molecule has 45 heavy (non-hydrogen) atoms. The average Bonchev–Trinajstić information content (AvgIpc) is 3.30. The van der Waals surface area contributed by atoms with E-state index in [-0.39, 0.29) is 36.1 Å². The minimum Gasteiger partial charge on any atom is -0.493 e. The van der Waals surface area contributed by atoms with Gasteiger partial charge in [0.15, 0.2) is 16.6 Å². The Hall–Kier alpha value is -4.65. The van der Waals surface area contributed by atoms with Gasteiger partial charge in [0.05, 0.1) is 51.8 Å². The van der Waals surface area contributed by atoms with E-state index in [0.717, 1.165) is 16.7 Å². The second kappa shape index (κ2) is 15.4. The van der Waals surface area contributed by atoms with E-state index in [0.29, 0.717) is 71.7 Å². The van der Waals surface area contributed by atoms with Gasteiger partial charge in [-0.2, -0.15) is 0 Å². The molecule has 0 saturated carbocycles. The molecule has 2 amide bonds. The van der Waals surface area contributed by atoms with Crippen molar-refractivity contribution >= 4 is 39.9 Å². The third-order valence-electron chi connectivity index (χ3n) is 7.24. The Balaban J connectivity index is 1.52. The van der Waals surface area contributed by atoms with Crippen LogP contribution in [0.1, 0.15) is 56.0 Å². The largest absolute Gasteiger partial charge is 0.493 e. The van der Waals surface area contributed by atoms with Crippen molar-refractivity contribution in [3.05, 3.63) is 56.7 Å². The van der Waals surface area contributed by atoms with Crippen molar-refractivity contribution in [2.24, 2.45) is 0 Å². The summed E-state index contributed by atoms with van der Waals surface area (Å²) in [5.74, 6) is 0.625. The molecule has 0 aliphatic heterocycles. The van der Waals surface area contributed by atoms with Gasteiger partial charge in [0.25, 0.3) is 0 Å². The number of methoxy groups -OCH3 is 3. The summed E-state index contributed by atoms with van der Waals surface area (Å²) in [6, 6.07) is 6.59. The molecule has 3 N–H and O–H groups in total. The number of fused-ring (bicyclic) bond motifs is 3. The second-order valence-electron chi connectivity index (χ2n) is 10.3. The van der Waals surface area contributed by atoms with Gasteiger partial charge in [-0.15, -0.1) is 11.3 Å². The summed E-state index contributed by atoms with van der Waals surface area (Å²) in [4.78, 5) is 54.0. The maximum atomic E-state index is 13.4. The molecule has 1 aliphatic carbocycles. The van der Waals surface area contributed by atoms with Crippen molar-refractivity contribution < 1.29 is 33.3 Å². The number of hydrogen-bond donors (Lipinski definition) is 3. The number of rotatable bonds is 13. The number of benzene rings is 1. The van der Waals surface area contributed by atoms with E-state index >= 15 is 0 Å². The lowest BCUT2D eigenvalue weighted by Crippen LogP contribution is -2.26. The normalized spacial score (nSPS) is 13.4. The number of esters is 1. The van der Waals surface area contributed by atoms with Gasteiger partial charge in [-0.1, -0.05) is 6.07 Å². The summed E-state index contributed by atoms with van der Waals surface area (Å²) in [6.07, 6.45) is 1.85. The summed E-state index contributed by atoms with van der Waals surface area (Å²) >= 11 is 1.24. The minimum atomic E-state index is -0.410. The molecule has 0 spiro atoms. The van der Waals surface area contributed by atoms with Gasteiger partial charge >= 0.3 is 5.97 Å². The fourth-order valence-electron chi connectivity index (χ4n) is 5.31. The van der Waals surface area contributed by atoms with Gasteiger partial charge in [0.1, 0.15) is 0 Å². The summed E-state index contributed by atoms with van der Waals surface area (Å²) in [6.45, 7) is 3.84. The molecule has 2 aromatic carbocycles. The zero-order valence-electron chi connectivity index (χ0n) is 26.0. The van der Waals surface area contributed by atoms with Crippen molar-refractivity contribution in [2.75, 3.05) is 45.1 Å². The molecule has 13 heteroatoms. The van der Waals surface area contributed by atoms with Crippen molar-refractivity contribution in [1.82, 2.24) is 10.3 Å². The zero-order chi connectivity index (χ0) is 32.5. The number of aryl methyl sites for hydroxylation is 1. The first-order valence-electron chi connectivity index (χ1n) is 14.6. The lowest BCUT2D eigenvalue weighted by Gasteiger charge is -2.19. The number of nitrogens with one attached hydrogen (secondary N) is 3. The maximum Gasteiger partial charge on any atom is 0.311 e. The highest BCUT2D eigenvalue weighted by Gasteiger charge is 2.29. The Morgan fingerprint density at radius 2 is 1.84 bits per heavy atom. The van der Waals surface area contributed by atoms with E-state index in [9.17, 15) is 19.2 Å². The van der Waals surface area contributed by atoms with Gasteiger partial charge in [0.2, 0.25) is 23.0 Å². The molecule has 0 saturated heterocycles. The number of amides is 2. The maximum absolute atomic E-state index is 13.4. The van der Waals surface area contributed by atoms with Crippen LogP contribution < -0.4 is 35.6 Å². The molecule has 4 rings (SSSR count). The Labute approximate surface area is 265 Å². The van der Waals surface area contributed by atoms with Crippen LogP contribution >= 0.6 is 11.3 Å². The summed E-state index contributed by atoms with van der Waals surface area (Å²) in [5, 5.41) is 11.0. The molecule has 12 nitrogen and oxygen atoms in total. The van der Waals surface area contributed by atoms with E-state index in [4.69, 9.17) is 18.9 Å². The fraction of sp³-hybridized carbons (Fsp3) is 0.406. The molecule has 1 aliphatic rings. The van der Waals surface area contributed by atoms with Crippen LogP contribution in [0.3, 0.4) is 0 Å². The van der Waals surface area contributed by atoms with Gasteiger partial charge in [-0.3, -0.25) is 19.2 Å². The molecule has 1 heterocycles. The highest BCUT2D eigenvalue weighted by Crippen LogP contribution is 2.50. The lowest BCUT2D eigenvalue weighted by molar-refractivity contribution is -0.142. The Morgan fingerprint density at radius 1 is 1.07 bits per heavy atom. The number of ether oxygens (including phenoxy) is 4. The van der Waals surface area contributed by atoms with Crippen LogP contribution in [-0.4, -0.2) is 57.2 Å². The van der Waals surface area contributed by atoms with Gasteiger partial charge in [-0.05, 0) is 61.1 Å². The van der Waals surface area contributed by atoms with Crippen LogP contribution in [-0.2, 0) is 32.0 Å². The lowest BCUT2D eigenvalue weighted by atomic mass is 9.95. The average molecular weight is 639 g/mol. The smallest absolute Gasteiger partial charge is 0.311 e. The van der Waals surface area contributed by atoms with E-state index in [1.807, 2.05) is 12.1 Å². The molecule has 1 aromatic heterocycles. The van der Waals surface area contributed by atoms with Gasteiger partial charge < -0.3 is 34.9 Å². The van der Waals surface area contributed by atoms with E-state index in [1.54, 1.807) is 38.7 Å². The number of carbonyl (C=O) groups is 3. The third-order valence-corrected chi connectivity index (χ3v) is 8.05. The monoisotopic (exact) mass is 638 g/mol. The molecule has 0 fully saturated rings. The Morgan fingerprint density at radius 3 is 2.53 bits per heavy atom.